The fraction of sp³-hybridized carbons (Fsp3) is 0.615. The number of nitrogens with zero attached hydrogens (tertiary/aromatic N) is 1. The molecule has 1 aliphatic rings. The molecule has 1 amide bonds. The average molecular weight is 252 g/mol. The van der Waals surface area contributed by atoms with Crippen molar-refractivity contribution < 1.29 is 4.79 Å². The van der Waals surface area contributed by atoms with Gasteiger partial charge in [0.25, 0.3) is 0 Å². The highest BCUT2D eigenvalue weighted by Gasteiger charge is 2.31. The summed E-state index contributed by atoms with van der Waals surface area (Å²) >= 11 is 1.79. The highest BCUT2D eigenvalue weighted by molar-refractivity contribution is 7.09. The summed E-state index contributed by atoms with van der Waals surface area (Å²) < 4.78 is 0. The predicted molar refractivity (Wildman–Crippen MR) is 71.2 cm³/mol. The van der Waals surface area contributed by atoms with Crippen LogP contribution in [0.15, 0.2) is 17.5 Å². The van der Waals surface area contributed by atoms with Crippen molar-refractivity contribution in [1.82, 2.24) is 10.2 Å². The van der Waals surface area contributed by atoms with Gasteiger partial charge in [-0.1, -0.05) is 19.9 Å². The summed E-state index contributed by atoms with van der Waals surface area (Å²) in [7, 11) is 0. The maximum absolute atomic E-state index is 11.9. The number of amides is 1. The first kappa shape index (κ1) is 12.6. The largest absolute Gasteiger partial charge is 0.353 e. The van der Waals surface area contributed by atoms with Crippen molar-refractivity contribution >= 4 is 17.2 Å². The number of nitrogens with one attached hydrogen (secondary N) is 1. The molecule has 0 spiro atoms. The van der Waals surface area contributed by atoms with E-state index in [4.69, 9.17) is 0 Å². The molecule has 1 fully saturated rings. The summed E-state index contributed by atoms with van der Waals surface area (Å²) in [6.45, 7) is 6.98. The Balaban J connectivity index is 1.95. The summed E-state index contributed by atoms with van der Waals surface area (Å²) in [4.78, 5) is 15.6. The van der Waals surface area contributed by atoms with Gasteiger partial charge in [-0.3, -0.25) is 9.69 Å². The van der Waals surface area contributed by atoms with Gasteiger partial charge in [-0.05, 0) is 23.8 Å². The molecule has 2 rings (SSSR count). The summed E-state index contributed by atoms with van der Waals surface area (Å²) in [5, 5.41) is 5.07. The van der Waals surface area contributed by atoms with E-state index in [0.29, 0.717) is 5.92 Å². The molecule has 1 N–H and O–H groups in total. The first-order chi connectivity index (χ1) is 8.18. The van der Waals surface area contributed by atoms with E-state index in [1.54, 1.807) is 11.3 Å². The third kappa shape index (κ3) is 3.07. The number of carbonyl (C=O) groups is 1. The van der Waals surface area contributed by atoms with Gasteiger partial charge in [-0.25, -0.2) is 0 Å². The molecule has 94 valence electrons. The first-order valence-corrected chi connectivity index (χ1v) is 7.10. The van der Waals surface area contributed by atoms with Crippen molar-refractivity contribution in [3.63, 3.8) is 0 Å². The Hall–Kier alpha value is -0.870. The zero-order chi connectivity index (χ0) is 12.3. The molecule has 0 saturated carbocycles. The lowest BCUT2D eigenvalue weighted by molar-refractivity contribution is -0.130. The third-order valence-electron chi connectivity index (χ3n) is 3.22. The Morgan fingerprint density at radius 2 is 2.41 bits per heavy atom. The van der Waals surface area contributed by atoms with Crippen LogP contribution < -0.4 is 5.32 Å². The van der Waals surface area contributed by atoms with Crippen LogP contribution in [0.4, 0.5) is 0 Å². The molecule has 0 radical (unpaired) electrons. The zero-order valence-electron chi connectivity index (χ0n) is 10.5. The Morgan fingerprint density at radius 1 is 1.59 bits per heavy atom. The lowest BCUT2D eigenvalue weighted by Crippen LogP contribution is -2.57. The zero-order valence-corrected chi connectivity index (χ0v) is 11.3. The normalized spacial score (nSPS) is 21.8. The highest BCUT2D eigenvalue weighted by Crippen LogP contribution is 2.16. The van der Waals surface area contributed by atoms with Crippen LogP contribution in [0, 0.1) is 5.92 Å². The SMILES string of the molecule is CC(C)C1C(=O)NCCN1CCc1cccs1. The molecular formula is C13H20N2OS. The van der Waals surface area contributed by atoms with E-state index in [-0.39, 0.29) is 11.9 Å². The van der Waals surface area contributed by atoms with Crippen molar-refractivity contribution in [2.45, 2.75) is 26.3 Å². The van der Waals surface area contributed by atoms with Crippen molar-refractivity contribution in [2.75, 3.05) is 19.6 Å². The van der Waals surface area contributed by atoms with Gasteiger partial charge in [0.1, 0.15) is 0 Å². The molecule has 1 aromatic rings. The molecule has 1 unspecified atom stereocenters. The Bertz CT molecular complexity index is 362. The molecule has 4 heteroatoms. The van der Waals surface area contributed by atoms with Crippen LogP contribution in [0.25, 0.3) is 0 Å². The summed E-state index contributed by atoms with van der Waals surface area (Å²) in [5.74, 6) is 0.566. The van der Waals surface area contributed by atoms with Crippen LogP contribution in [0.1, 0.15) is 18.7 Å². The van der Waals surface area contributed by atoms with E-state index in [2.05, 4.69) is 41.6 Å². The molecule has 17 heavy (non-hydrogen) atoms. The van der Waals surface area contributed by atoms with Crippen LogP contribution in [0.3, 0.4) is 0 Å². The quantitative estimate of drug-likeness (QED) is 0.885. The van der Waals surface area contributed by atoms with E-state index in [1.165, 1.54) is 4.88 Å². The van der Waals surface area contributed by atoms with Gasteiger partial charge in [-0.2, -0.15) is 0 Å². The van der Waals surface area contributed by atoms with Crippen LogP contribution in [0.2, 0.25) is 0 Å². The maximum Gasteiger partial charge on any atom is 0.237 e. The molecule has 1 aliphatic heterocycles. The van der Waals surface area contributed by atoms with Crippen LogP contribution in [-0.2, 0) is 11.2 Å². The van der Waals surface area contributed by atoms with E-state index in [9.17, 15) is 4.79 Å². The van der Waals surface area contributed by atoms with E-state index in [1.807, 2.05) is 0 Å². The highest BCUT2D eigenvalue weighted by atomic mass is 32.1. The monoisotopic (exact) mass is 252 g/mol. The Labute approximate surface area is 107 Å². The van der Waals surface area contributed by atoms with Gasteiger partial charge >= 0.3 is 0 Å². The minimum Gasteiger partial charge on any atom is -0.353 e. The Kier molecular flexibility index (Phi) is 4.18. The summed E-state index contributed by atoms with van der Waals surface area (Å²) in [5.41, 5.74) is 0. The number of hydrogen-bond acceptors (Lipinski definition) is 3. The van der Waals surface area contributed by atoms with Crippen LogP contribution in [-0.4, -0.2) is 36.5 Å². The lowest BCUT2D eigenvalue weighted by atomic mass is 9.99. The van der Waals surface area contributed by atoms with Gasteiger partial charge < -0.3 is 5.32 Å². The van der Waals surface area contributed by atoms with Crippen molar-refractivity contribution in [3.05, 3.63) is 22.4 Å². The number of carbonyl (C=O) groups excluding carboxylic acids is 1. The molecular weight excluding hydrogens is 232 g/mol. The van der Waals surface area contributed by atoms with Gasteiger partial charge in [0.05, 0.1) is 6.04 Å². The number of rotatable bonds is 4. The molecule has 1 aromatic heterocycles. The van der Waals surface area contributed by atoms with Gasteiger partial charge in [0.2, 0.25) is 5.91 Å². The summed E-state index contributed by atoms with van der Waals surface area (Å²) in [6, 6.07) is 4.30. The van der Waals surface area contributed by atoms with Gasteiger partial charge in [-0.15, -0.1) is 11.3 Å². The van der Waals surface area contributed by atoms with Gasteiger partial charge in [0, 0.05) is 24.5 Å². The van der Waals surface area contributed by atoms with Crippen molar-refractivity contribution in [3.8, 4) is 0 Å². The van der Waals surface area contributed by atoms with E-state index >= 15 is 0 Å². The average Bonchev–Trinajstić information content (AvgIpc) is 2.78. The predicted octanol–water partition coefficient (Wildman–Crippen LogP) is 1.75. The summed E-state index contributed by atoms with van der Waals surface area (Å²) in [6.07, 6.45) is 1.05. The molecule has 0 aromatic carbocycles. The van der Waals surface area contributed by atoms with Gasteiger partial charge in [0.15, 0.2) is 0 Å². The minimum absolute atomic E-state index is 0.0451. The number of thiophene rings is 1. The second-order valence-corrected chi connectivity index (χ2v) is 5.88. The number of hydrogen-bond donors (Lipinski definition) is 1. The molecule has 0 bridgehead atoms. The maximum atomic E-state index is 11.9. The number of piperazine rings is 1. The molecule has 3 nitrogen and oxygen atoms in total. The molecule has 1 saturated heterocycles. The lowest BCUT2D eigenvalue weighted by Gasteiger charge is -2.37. The second-order valence-electron chi connectivity index (χ2n) is 4.85. The minimum atomic E-state index is 0.0451. The van der Waals surface area contributed by atoms with Crippen molar-refractivity contribution in [1.29, 1.82) is 0 Å². The topological polar surface area (TPSA) is 32.3 Å². The fourth-order valence-electron chi connectivity index (χ4n) is 2.42. The van der Waals surface area contributed by atoms with Crippen LogP contribution >= 0.6 is 11.3 Å². The molecule has 0 aliphatic carbocycles. The van der Waals surface area contributed by atoms with Crippen molar-refractivity contribution in [2.24, 2.45) is 5.92 Å². The van der Waals surface area contributed by atoms with Crippen LogP contribution in [0.5, 0.6) is 0 Å². The fourth-order valence-corrected chi connectivity index (χ4v) is 3.11. The first-order valence-electron chi connectivity index (χ1n) is 6.22. The smallest absolute Gasteiger partial charge is 0.237 e. The molecule has 2 heterocycles. The van der Waals surface area contributed by atoms with E-state index < -0.39 is 0 Å². The second kappa shape index (κ2) is 5.65. The van der Waals surface area contributed by atoms with E-state index in [0.717, 1.165) is 26.1 Å². The standard InChI is InChI=1S/C13H20N2OS/c1-10(2)12-13(16)14-6-8-15(12)7-5-11-4-3-9-17-11/h3-4,9-10,12H,5-8H2,1-2H3,(H,14,16). The third-order valence-corrected chi connectivity index (χ3v) is 4.15. The molecule has 1 atom stereocenters. The Morgan fingerprint density at radius 3 is 3.06 bits per heavy atom.